The van der Waals surface area contributed by atoms with Gasteiger partial charge in [-0.25, -0.2) is 0 Å². The predicted molar refractivity (Wildman–Crippen MR) is 166 cm³/mol. The van der Waals surface area contributed by atoms with Gasteiger partial charge in [0.1, 0.15) is 35.6 Å². The van der Waals surface area contributed by atoms with Crippen LogP contribution in [0.2, 0.25) is 0 Å². The molecule has 0 saturated carbocycles. The Morgan fingerprint density at radius 3 is 2.61 bits per heavy atom. The lowest BCUT2D eigenvalue weighted by Gasteiger charge is -2.49. The monoisotopic (exact) mass is 610 g/mol. The molecule has 5 aliphatic rings. The van der Waals surface area contributed by atoms with Gasteiger partial charge >= 0.3 is 5.97 Å². The van der Waals surface area contributed by atoms with Gasteiger partial charge in [-0.3, -0.25) is 9.59 Å². The van der Waals surface area contributed by atoms with E-state index in [4.69, 9.17) is 18.9 Å². The summed E-state index contributed by atoms with van der Waals surface area (Å²) in [6.45, 7) is 14.1. The molecule has 5 rings (SSSR count). The van der Waals surface area contributed by atoms with Crippen molar-refractivity contribution in [3.63, 3.8) is 0 Å². The highest BCUT2D eigenvalue weighted by Gasteiger charge is 2.60. The maximum Gasteiger partial charge on any atom is 0.316 e. The number of aliphatic hydroxyl groups is 2. The molecule has 10 atom stereocenters. The number of ether oxygens (including phenoxy) is 4. The average molecular weight is 611 g/mol. The van der Waals surface area contributed by atoms with Crippen LogP contribution >= 0.6 is 0 Å². The smallest absolute Gasteiger partial charge is 0.316 e. The van der Waals surface area contributed by atoms with Crippen molar-refractivity contribution in [2.75, 3.05) is 6.61 Å². The Labute approximate surface area is 261 Å². The summed E-state index contributed by atoms with van der Waals surface area (Å²) in [7, 11) is 0. The molecule has 1 aliphatic carbocycles. The highest BCUT2D eigenvalue weighted by molar-refractivity contribution is 5.83. The molecule has 0 aromatic rings. The summed E-state index contributed by atoms with van der Waals surface area (Å²) in [6.07, 6.45) is 10.4. The summed E-state index contributed by atoms with van der Waals surface area (Å²) in [6, 6.07) is 0. The van der Waals surface area contributed by atoms with E-state index in [9.17, 15) is 19.8 Å². The maximum atomic E-state index is 14.0. The molecule has 4 aliphatic heterocycles. The van der Waals surface area contributed by atoms with E-state index in [0.29, 0.717) is 29.9 Å². The van der Waals surface area contributed by atoms with Crippen LogP contribution in [0.25, 0.3) is 0 Å². The fraction of sp³-hybridized carbons (Fsp3) is 0.667. The second-order valence-electron chi connectivity index (χ2n) is 14.2. The molecule has 0 unspecified atom stereocenters. The van der Waals surface area contributed by atoms with Crippen LogP contribution in [0.15, 0.2) is 58.7 Å². The van der Waals surface area contributed by atoms with Gasteiger partial charge in [0.15, 0.2) is 5.79 Å². The van der Waals surface area contributed by atoms with E-state index >= 15 is 0 Å². The number of ketones is 1. The van der Waals surface area contributed by atoms with Crippen LogP contribution in [0.3, 0.4) is 0 Å². The lowest BCUT2D eigenvalue weighted by Crippen LogP contribution is -2.59. The fourth-order valence-corrected chi connectivity index (χ4v) is 7.69. The predicted octanol–water partition coefficient (Wildman–Crippen LogP) is 5.30. The molecule has 3 fully saturated rings. The summed E-state index contributed by atoms with van der Waals surface area (Å²) >= 11 is 0. The zero-order valence-electron chi connectivity index (χ0n) is 27.2. The van der Waals surface area contributed by atoms with Crippen LogP contribution in [0.5, 0.6) is 0 Å². The number of hydrogen-bond acceptors (Lipinski definition) is 8. The molecule has 242 valence electrons. The largest absolute Gasteiger partial charge is 0.462 e. The van der Waals surface area contributed by atoms with Gasteiger partial charge in [-0.15, -0.1) is 0 Å². The Kier molecular flexibility index (Phi) is 9.60. The Hall–Kier alpha value is -2.36. The first-order chi connectivity index (χ1) is 20.7. The Bertz CT molecular complexity index is 1290. The summed E-state index contributed by atoms with van der Waals surface area (Å²) in [5.74, 6) is -2.63. The van der Waals surface area contributed by atoms with Crippen molar-refractivity contribution in [3.8, 4) is 0 Å². The van der Waals surface area contributed by atoms with Gasteiger partial charge in [0.25, 0.3) is 0 Å². The third-order valence-electron chi connectivity index (χ3n) is 9.91. The van der Waals surface area contributed by atoms with Crippen molar-refractivity contribution in [1.82, 2.24) is 0 Å². The molecule has 0 radical (unpaired) electrons. The zero-order chi connectivity index (χ0) is 32.0. The summed E-state index contributed by atoms with van der Waals surface area (Å²) in [5.41, 5.74) is 1.52. The van der Waals surface area contributed by atoms with Crippen LogP contribution in [-0.2, 0) is 28.5 Å². The molecule has 0 aromatic heterocycles. The van der Waals surface area contributed by atoms with Crippen LogP contribution in [-0.4, -0.2) is 70.5 Å². The quantitative estimate of drug-likeness (QED) is 0.320. The number of esters is 1. The van der Waals surface area contributed by atoms with Crippen molar-refractivity contribution in [3.05, 3.63) is 58.7 Å². The molecule has 2 N–H and O–H groups in total. The van der Waals surface area contributed by atoms with Gasteiger partial charge in [-0.1, -0.05) is 69.7 Å². The SMILES string of the molecule is CC1=C[C@H]2C(=O)O[C@H]3C[C@@H](C/C=C(\C)C[C@@H](C)/C=C/C=C4\CO[C@H]([C@@H]1O)[C@@]42O)O[C@@]1(CC(=O)[C@H](C)[C@@H](/C(C)=C/C(C)C)O1)C3. The highest BCUT2D eigenvalue weighted by atomic mass is 16.7. The number of carbonyl (C=O) groups excluding carboxylic acids is 2. The van der Waals surface area contributed by atoms with E-state index in [2.05, 4.69) is 45.9 Å². The third-order valence-corrected chi connectivity index (χ3v) is 9.91. The molecular weight excluding hydrogens is 560 g/mol. The highest BCUT2D eigenvalue weighted by Crippen LogP contribution is 2.47. The molecule has 3 saturated heterocycles. The van der Waals surface area contributed by atoms with Gasteiger partial charge < -0.3 is 29.2 Å². The van der Waals surface area contributed by atoms with E-state index in [-0.39, 0.29) is 43.2 Å². The molecule has 0 amide bonds. The minimum atomic E-state index is -1.75. The van der Waals surface area contributed by atoms with Crippen molar-refractivity contribution in [2.45, 2.75) is 122 Å². The second kappa shape index (κ2) is 12.8. The van der Waals surface area contributed by atoms with Crippen LogP contribution in [0.4, 0.5) is 0 Å². The number of hydrogen-bond donors (Lipinski definition) is 2. The first kappa shape index (κ1) is 33.0. The Morgan fingerprint density at radius 1 is 1.14 bits per heavy atom. The standard InChI is InChI=1S/C36H50O8/c1-20(2)13-24(6)32-25(7)30(37)18-35(44-32)17-28-16-27(43-35)12-11-22(4)14-21(3)9-8-10-26-19-41-33-31(38)23(5)15-29(34(39)42-28)36(26,33)40/h8-11,13,15,20-21,25,27-29,31-33,38,40H,12,14,16-19H2,1-7H3/b9-8+,22-11+,24-13+,26-10+/t21-,25-,27+,28-,29-,31+,32+,33+,35-,36+/m0/s1. The van der Waals surface area contributed by atoms with Crippen molar-refractivity contribution in [1.29, 1.82) is 0 Å². The van der Waals surface area contributed by atoms with E-state index < -0.39 is 47.7 Å². The van der Waals surface area contributed by atoms with Crippen molar-refractivity contribution >= 4 is 11.8 Å². The number of rotatable bonds is 2. The average Bonchev–Trinajstić information content (AvgIpc) is 3.27. The molecular formula is C36H50O8. The Morgan fingerprint density at radius 2 is 1.89 bits per heavy atom. The lowest BCUT2D eigenvalue weighted by molar-refractivity contribution is -0.319. The number of allylic oxidation sites excluding steroid dienone is 5. The summed E-state index contributed by atoms with van der Waals surface area (Å²) < 4.78 is 25.5. The van der Waals surface area contributed by atoms with Gasteiger partial charge in [-0.2, -0.15) is 0 Å². The summed E-state index contributed by atoms with van der Waals surface area (Å²) in [5, 5.41) is 23.0. The minimum Gasteiger partial charge on any atom is -0.462 e. The third kappa shape index (κ3) is 6.47. The van der Waals surface area contributed by atoms with Crippen LogP contribution in [0.1, 0.15) is 80.6 Å². The second-order valence-corrected chi connectivity index (χ2v) is 14.2. The number of fused-ring (bicyclic) bond motifs is 2. The van der Waals surface area contributed by atoms with Gasteiger partial charge in [0.2, 0.25) is 0 Å². The van der Waals surface area contributed by atoms with Gasteiger partial charge in [-0.05, 0) is 62.2 Å². The number of Topliss-reactive ketones (excluding diaryl/α,β-unsaturated/α-hetero) is 1. The van der Waals surface area contributed by atoms with Gasteiger partial charge in [0, 0.05) is 18.8 Å². The van der Waals surface area contributed by atoms with Gasteiger partial charge in [0.05, 0.1) is 25.2 Å². The molecule has 1 spiro atoms. The van der Waals surface area contributed by atoms with Crippen LogP contribution < -0.4 is 0 Å². The normalized spacial score (nSPS) is 45.1. The molecule has 4 heterocycles. The number of aliphatic hydroxyl groups excluding tert-OH is 1. The van der Waals surface area contributed by atoms with E-state index in [1.165, 1.54) is 5.57 Å². The van der Waals surface area contributed by atoms with Crippen molar-refractivity contribution in [2.24, 2.45) is 23.7 Å². The van der Waals surface area contributed by atoms with E-state index in [1.54, 1.807) is 19.1 Å². The molecule has 8 nitrogen and oxygen atoms in total. The van der Waals surface area contributed by atoms with Crippen LogP contribution in [0, 0.1) is 23.7 Å². The molecule has 44 heavy (non-hydrogen) atoms. The first-order valence-electron chi connectivity index (χ1n) is 16.2. The minimum absolute atomic E-state index is 0.0628. The fourth-order valence-electron chi connectivity index (χ4n) is 7.69. The zero-order valence-corrected chi connectivity index (χ0v) is 27.2. The molecule has 8 heteroatoms. The van der Waals surface area contributed by atoms with E-state index in [0.717, 1.165) is 12.0 Å². The lowest BCUT2D eigenvalue weighted by atomic mass is 9.71. The summed E-state index contributed by atoms with van der Waals surface area (Å²) in [4.78, 5) is 27.5. The topological polar surface area (TPSA) is 112 Å². The molecule has 2 bridgehead atoms. The Balaban J connectivity index is 1.53. The van der Waals surface area contributed by atoms with E-state index in [1.807, 2.05) is 19.9 Å². The maximum absolute atomic E-state index is 14.0. The van der Waals surface area contributed by atoms with Crippen molar-refractivity contribution < 1.29 is 38.7 Å². The first-order valence-corrected chi connectivity index (χ1v) is 16.2. The number of carbonyl (C=O) groups is 2. The molecule has 0 aromatic carbocycles.